The topological polar surface area (TPSA) is 109 Å². The lowest BCUT2D eigenvalue weighted by Gasteiger charge is -2.18. The molecule has 0 unspecified atom stereocenters. The third-order valence-corrected chi connectivity index (χ3v) is 5.48. The third kappa shape index (κ3) is 3.74. The molecule has 0 aliphatic carbocycles. The summed E-state index contributed by atoms with van der Waals surface area (Å²) in [6.45, 7) is 0.300. The minimum Gasteiger partial charge on any atom is -0.472 e. The molecule has 1 aromatic carbocycles. The van der Waals surface area contributed by atoms with Crippen molar-refractivity contribution in [2.75, 3.05) is 18.6 Å². The average molecular weight is 366 g/mol. The third-order valence-electron chi connectivity index (χ3n) is 3.98. The smallest absolute Gasteiger partial charge is 0.261 e. The minimum atomic E-state index is -3.79. The summed E-state index contributed by atoms with van der Waals surface area (Å²) in [5.74, 6) is -0.270. The number of amides is 1. The fourth-order valence-electron chi connectivity index (χ4n) is 2.50. The molecule has 1 fully saturated rings. The number of benzene rings is 1. The molecule has 134 valence electrons. The van der Waals surface area contributed by atoms with Gasteiger partial charge in [0.2, 0.25) is 10.0 Å². The second-order valence-corrected chi connectivity index (χ2v) is 7.36. The monoisotopic (exact) mass is 366 g/mol. The van der Waals surface area contributed by atoms with Crippen LogP contribution in [-0.4, -0.2) is 45.4 Å². The maximum absolute atomic E-state index is 12.4. The van der Waals surface area contributed by atoms with Crippen LogP contribution in [0.2, 0.25) is 0 Å². The molecule has 1 aliphatic heterocycles. The van der Waals surface area contributed by atoms with E-state index in [2.05, 4.69) is 4.72 Å². The highest BCUT2D eigenvalue weighted by atomic mass is 32.2. The Bertz CT molecular complexity index is 832. The van der Waals surface area contributed by atoms with E-state index in [1.807, 2.05) is 0 Å². The fraction of sp³-hybridized carbons (Fsp3) is 0.312. The molecule has 2 N–H and O–H groups in total. The molecule has 0 spiro atoms. The standard InChI is InChI=1S/C16H18N2O6S/c1-18(15(19)11-6-8-23-10-11)12-2-4-13(5-3-12)25(21,22)17-14-7-9-24-16(14)20/h2-6,8,10,14,16-17,20H,7,9H2,1H3/t14-,16-/m0/s1. The number of sulfonamides is 1. The molecule has 0 radical (unpaired) electrons. The van der Waals surface area contributed by atoms with Crippen LogP contribution in [0.5, 0.6) is 0 Å². The molecule has 8 nitrogen and oxygen atoms in total. The zero-order chi connectivity index (χ0) is 18.0. The molecule has 1 aromatic heterocycles. The fourth-order valence-corrected chi connectivity index (χ4v) is 3.77. The van der Waals surface area contributed by atoms with Crippen molar-refractivity contribution in [2.24, 2.45) is 0 Å². The van der Waals surface area contributed by atoms with Crippen molar-refractivity contribution in [2.45, 2.75) is 23.6 Å². The van der Waals surface area contributed by atoms with Gasteiger partial charge in [-0.25, -0.2) is 13.1 Å². The molecular weight excluding hydrogens is 348 g/mol. The van der Waals surface area contributed by atoms with Gasteiger partial charge < -0.3 is 19.2 Å². The zero-order valence-electron chi connectivity index (χ0n) is 13.5. The Labute approximate surface area is 145 Å². The first-order valence-electron chi connectivity index (χ1n) is 7.61. The van der Waals surface area contributed by atoms with E-state index in [1.165, 1.54) is 41.7 Å². The number of anilines is 1. The summed E-state index contributed by atoms with van der Waals surface area (Å²) in [5.41, 5.74) is 0.936. The van der Waals surface area contributed by atoms with Crippen molar-refractivity contribution in [1.29, 1.82) is 0 Å². The first-order chi connectivity index (χ1) is 11.9. The van der Waals surface area contributed by atoms with Crippen molar-refractivity contribution in [3.05, 3.63) is 48.4 Å². The van der Waals surface area contributed by atoms with Crippen LogP contribution in [0.15, 0.2) is 52.2 Å². The van der Waals surface area contributed by atoms with Crippen LogP contribution in [-0.2, 0) is 14.8 Å². The molecule has 2 heterocycles. The van der Waals surface area contributed by atoms with Crippen LogP contribution < -0.4 is 9.62 Å². The van der Waals surface area contributed by atoms with E-state index in [-0.39, 0.29) is 10.8 Å². The van der Waals surface area contributed by atoms with Crippen molar-refractivity contribution in [3.8, 4) is 0 Å². The van der Waals surface area contributed by atoms with Crippen LogP contribution in [0.3, 0.4) is 0 Å². The number of carbonyl (C=O) groups excluding carboxylic acids is 1. The van der Waals surface area contributed by atoms with Crippen LogP contribution in [0.4, 0.5) is 5.69 Å². The molecular formula is C16H18N2O6S. The Morgan fingerprint density at radius 3 is 2.56 bits per heavy atom. The van der Waals surface area contributed by atoms with Crippen molar-refractivity contribution in [1.82, 2.24) is 4.72 Å². The maximum atomic E-state index is 12.4. The minimum absolute atomic E-state index is 0.0412. The van der Waals surface area contributed by atoms with Crippen molar-refractivity contribution in [3.63, 3.8) is 0 Å². The summed E-state index contributed by atoms with van der Waals surface area (Å²) in [6, 6.07) is 6.76. The number of nitrogens with one attached hydrogen (secondary N) is 1. The summed E-state index contributed by atoms with van der Waals surface area (Å²) < 4.78 is 37.0. The zero-order valence-corrected chi connectivity index (χ0v) is 14.3. The highest BCUT2D eigenvalue weighted by Gasteiger charge is 2.30. The molecule has 3 rings (SSSR count). The Hall–Kier alpha value is -2.20. The molecule has 1 amide bonds. The summed E-state index contributed by atoms with van der Waals surface area (Å²) in [5, 5.41) is 9.57. The van der Waals surface area contributed by atoms with Gasteiger partial charge in [0.05, 0.1) is 29.4 Å². The van der Waals surface area contributed by atoms with E-state index >= 15 is 0 Å². The quantitative estimate of drug-likeness (QED) is 0.815. The molecule has 25 heavy (non-hydrogen) atoms. The van der Waals surface area contributed by atoms with Crippen molar-refractivity contribution < 1.29 is 27.5 Å². The molecule has 2 aromatic rings. The number of rotatable bonds is 5. The SMILES string of the molecule is CN(C(=O)c1ccoc1)c1ccc(S(=O)(=O)N[C@H]2CCO[C@@H]2O)cc1. The molecule has 1 saturated heterocycles. The largest absolute Gasteiger partial charge is 0.472 e. The van der Waals surface area contributed by atoms with Gasteiger partial charge in [0.25, 0.3) is 5.91 Å². The van der Waals surface area contributed by atoms with Crippen LogP contribution in [0, 0.1) is 0 Å². The van der Waals surface area contributed by atoms with Crippen LogP contribution in [0.1, 0.15) is 16.8 Å². The van der Waals surface area contributed by atoms with Crippen LogP contribution in [0.25, 0.3) is 0 Å². The number of aliphatic hydroxyl groups is 1. The molecule has 1 aliphatic rings. The molecule has 2 atom stereocenters. The van der Waals surface area contributed by atoms with E-state index in [4.69, 9.17) is 9.15 Å². The lowest BCUT2D eigenvalue weighted by molar-refractivity contribution is -0.0686. The summed E-state index contributed by atoms with van der Waals surface area (Å²) in [7, 11) is -2.20. The molecule has 0 bridgehead atoms. The van der Waals surface area contributed by atoms with Gasteiger partial charge in [-0.1, -0.05) is 0 Å². The van der Waals surface area contributed by atoms with E-state index in [0.29, 0.717) is 24.3 Å². The van der Waals surface area contributed by atoms with Crippen molar-refractivity contribution >= 4 is 21.6 Å². The first-order valence-corrected chi connectivity index (χ1v) is 9.09. The molecule has 9 heteroatoms. The van der Waals surface area contributed by atoms with Gasteiger partial charge >= 0.3 is 0 Å². The summed E-state index contributed by atoms with van der Waals surface area (Å²) in [6.07, 6.45) is 2.01. The van der Waals surface area contributed by atoms with Gasteiger partial charge in [-0.3, -0.25) is 4.79 Å². The highest BCUT2D eigenvalue weighted by Crippen LogP contribution is 2.20. The Balaban J connectivity index is 1.74. The van der Waals surface area contributed by atoms with Gasteiger partial charge in [-0.15, -0.1) is 0 Å². The molecule has 0 saturated carbocycles. The maximum Gasteiger partial charge on any atom is 0.261 e. The number of nitrogens with zero attached hydrogens (tertiary/aromatic N) is 1. The number of hydrogen-bond acceptors (Lipinski definition) is 6. The Morgan fingerprint density at radius 1 is 1.28 bits per heavy atom. The lowest BCUT2D eigenvalue weighted by Crippen LogP contribution is -2.40. The number of ether oxygens (including phenoxy) is 1. The van der Waals surface area contributed by atoms with Gasteiger partial charge in [-0.05, 0) is 36.8 Å². The van der Waals surface area contributed by atoms with E-state index in [0.717, 1.165) is 0 Å². The van der Waals surface area contributed by atoms with Gasteiger partial charge in [0, 0.05) is 12.7 Å². The number of aliphatic hydroxyl groups excluding tert-OH is 1. The number of carbonyl (C=O) groups is 1. The lowest BCUT2D eigenvalue weighted by atomic mass is 10.2. The first kappa shape index (κ1) is 17.6. The van der Waals surface area contributed by atoms with Gasteiger partial charge in [0.1, 0.15) is 6.26 Å². The number of hydrogen-bond donors (Lipinski definition) is 2. The van der Waals surface area contributed by atoms with E-state index in [1.54, 1.807) is 13.1 Å². The predicted molar refractivity (Wildman–Crippen MR) is 88.6 cm³/mol. The summed E-state index contributed by atoms with van der Waals surface area (Å²) in [4.78, 5) is 13.7. The highest BCUT2D eigenvalue weighted by molar-refractivity contribution is 7.89. The van der Waals surface area contributed by atoms with Gasteiger partial charge in [-0.2, -0.15) is 0 Å². The predicted octanol–water partition coefficient (Wildman–Crippen LogP) is 0.942. The summed E-state index contributed by atoms with van der Waals surface area (Å²) >= 11 is 0. The Morgan fingerprint density at radius 2 is 2.00 bits per heavy atom. The second kappa shape index (κ2) is 6.96. The van der Waals surface area contributed by atoms with Crippen LogP contribution >= 0.6 is 0 Å². The average Bonchev–Trinajstić information content (AvgIpc) is 3.26. The number of furan rings is 1. The second-order valence-electron chi connectivity index (χ2n) is 5.65. The van der Waals surface area contributed by atoms with E-state index in [9.17, 15) is 18.3 Å². The van der Waals surface area contributed by atoms with E-state index < -0.39 is 22.4 Å². The Kier molecular flexibility index (Phi) is 4.91. The van der Waals surface area contributed by atoms with Gasteiger partial charge in [0.15, 0.2) is 6.29 Å². The normalized spacial score (nSPS) is 20.6.